The molecular weight excluding hydrogens is 264 g/mol. The standard InChI is InChI=1S/C13H16N2O3S/c1-2-3-5-10-12(16)13(15-14)19(17,18)11-8-6-4-7-9-11/h4,6-9H,2-3,5,10H2,1H3/p+1/b13-12+. The number of sulfone groups is 1. The molecule has 0 aliphatic carbocycles. The number of hydrogen-bond donors (Lipinski definition) is 1. The van der Waals surface area contributed by atoms with Crippen molar-refractivity contribution < 1.29 is 13.5 Å². The van der Waals surface area contributed by atoms with Crippen molar-refractivity contribution in [2.75, 3.05) is 0 Å². The molecule has 5 nitrogen and oxygen atoms in total. The van der Waals surface area contributed by atoms with Crippen LogP contribution >= 0.6 is 0 Å². The molecule has 0 radical (unpaired) electrons. The van der Waals surface area contributed by atoms with Crippen molar-refractivity contribution >= 4 is 9.84 Å². The number of nitrogens with zero attached hydrogens (tertiary/aromatic N) is 2. The first kappa shape index (κ1) is 15.2. The lowest BCUT2D eigenvalue weighted by atomic mass is 10.2. The third-order valence-corrected chi connectivity index (χ3v) is 4.38. The fraction of sp³-hybridized carbons (Fsp3) is 0.385. The number of aliphatic hydroxyl groups excluding tert-OH is 1. The van der Waals surface area contributed by atoms with Crippen molar-refractivity contribution in [2.24, 2.45) is 0 Å². The molecule has 0 spiro atoms. The van der Waals surface area contributed by atoms with E-state index >= 15 is 0 Å². The molecule has 1 N–H and O–H groups in total. The van der Waals surface area contributed by atoms with E-state index in [0.717, 1.165) is 12.8 Å². The molecule has 0 aromatic heterocycles. The average Bonchev–Trinajstić information content (AvgIpc) is 2.40. The minimum Gasteiger partial charge on any atom is -0.504 e. The Balaban J connectivity index is 3.10. The van der Waals surface area contributed by atoms with E-state index in [4.69, 9.17) is 5.39 Å². The number of aliphatic hydroxyl groups is 1. The molecule has 0 amide bonds. The Hall–Kier alpha value is -1.87. The van der Waals surface area contributed by atoms with E-state index < -0.39 is 20.6 Å². The van der Waals surface area contributed by atoms with Gasteiger partial charge in [-0.15, -0.1) is 0 Å². The highest BCUT2D eigenvalue weighted by molar-refractivity contribution is 7.95. The van der Waals surface area contributed by atoms with Gasteiger partial charge in [-0.1, -0.05) is 38.0 Å². The Kier molecular flexibility index (Phi) is 5.52. The maximum Gasteiger partial charge on any atom is 0.515 e. The van der Waals surface area contributed by atoms with Crippen LogP contribution in [-0.2, 0) is 9.84 Å². The molecule has 102 valence electrons. The Morgan fingerprint density at radius 1 is 1.26 bits per heavy atom. The van der Waals surface area contributed by atoms with Crippen LogP contribution in [0.5, 0.6) is 0 Å². The van der Waals surface area contributed by atoms with Gasteiger partial charge >= 0.3 is 5.03 Å². The van der Waals surface area contributed by atoms with Crippen LogP contribution in [0.3, 0.4) is 0 Å². The summed E-state index contributed by atoms with van der Waals surface area (Å²) in [7, 11) is -3.97. The zero-order valence-corrected chi connectivity index (χ0v) is 11.6. The van der Waals surface area contributed by atoms with E-state index in [0.29, 0.717) is 6.42 Å². The Morgan fingerprint density at radius 2 is 1.89 bits per heavy atom. The maximum atomic E-state index is 12.2. The van der Waals surface area contributed by atoms with Crippen LogP contribution in [-0.4, -0.2) is 13.5 Å². The fourth-order valence-electron chi connectivity index (χ4n) is 1.63. The first-order valence-electron chi connectivity index (χ1n) is 6.11. The van der Waals surface area contributed by atoms with Gasteiger partial charge in [0.2, 0.25) is 11.2 Å². The quantitative estimate of drug-likeness (QED) is 0.490. The Labute approximate surface area is 113 Å². The lowest BCUT2D eigenvalue weighted by molar-refractivity contribution is 0.379. The van der Waals surface area contributed by atoms with Gasteiger partial charge in [0.1, 0.15) is 0 Å². The van der Waals surface area contributed by atoms with E-state index in [2.05, 4.69) is 4.98 Å². The van der Waals surface area contributed by atoms with Gasteiger partial charge in [0.05, 0.1) is 4.90 Å². The number of unbranched alkanes of at least 4 members (excludes halogenated alkanes) is 2. The van der Waals surface area contributed by atoms with E-state index in [9.17, 15) is 13.5 Å². The van der Waals surface area contributed by atoms with E-state index in [1.54, 1.807) is 18.2 Å². The monoisotopic (exact) mass is 281 g/mol. The van der Waals surface area contributed by atoms with Crippen molar-refractivity contribution in [1.29, 1.82) is 5.39 Å². The molecule has 0 saturated carbocycles. The normalized spacial score (nSPS) is 12.6. The number of diazo groups is 1. The van der Waals surface area contributed by atoms with Crippen molar-refractivity contribution in [2.45, 2.75) is 37.5 Å². The highest BCUT2D eigenvalue weighted by atomic mass is 32.2. The second kappa shape index (κ2) is 6.90. The van der Waals surface area contributed by atoms with Gasteiger partial charge in [-0.3, -0.25) is 0 Å². The van der Waals surface area contributed by atoms with Crippen LogP contribution in [0.25, 0.3) is 4.98 Å². The molecule has 1 rings (SSSR count). The molecule has 6 heteroatoms. The largest absolute Gasteiger partial charge is 0.515 e. The molecule has 0 fully saturated rings. The minimum absolute atomic E-state index is 0.00941. The molecule has 19 heavy (non-hydrogen) atoms. The number of rotatable bonds is 6. The lowest BCUT2D eigenvalue weighted by Gasteiger charge is -1.99. The van der Waals surface area contributed by atoms with Crippen LogP contribution in [0.1, 0.15) is 32.6 Å². The summed E-state index contributed by atoms with van der Waals surface area (Å²) >= 11 is 0. The highest BCUT2D eigenvalue weighted by Crippen LogP contribution is 2.24. The minimum atomic E-state index is -3.97. The van der Waals surface area contributed by atoms with Crippen LogP contribution in [0.2, 0.25) is 0 Å². The van der Waals surface area contributed by atoms with Crippen LogP contribution in [0, 0.1) is 5.39 Å². The molecule has 0 atom stereocenters. The summed E-state index contributed by atoms with van der Waals surface area (Å²) in [5.74, 6) is -0.403. The zero-order chi connectivity index (χ0) is 14.3. The van der Waals surface area contributed by atoms with Crippen LogP contribution in [0.4, 0.5) is 0 Å². The molecule has 0 aliphatic heterocycles. The van der Waals surface area contributed by atoms with Gasteiger partial charge in [0.15, 0.2) is 4.98 Å². The molecule has 0 heterocycles. The molecular formula is C13H17N2O3S+. The predicted molar refractivity (Wildman–Crippen MR) is 72.5 cm³/mol. The van der Waals surface area contributed by atoms with E-state index in [1.807, 2.05) is 6.92 Å². The summed E-state index contributed by atoms with van der Waals surface area (Å²) in [5.41, 5.74) is 0. The van der Waals surface area contributed by atoms with Gasteiger partial charge in [0, 0.05) is 6.42 Å². The van der Waals surface area contributed by atoms with E-state index in [1.165, 1.54) is 12.1 Å². The summed E-state index contributed by atoms with van der Waals surface area (Å²) < 4.78 is 24.3. The number of benzene rings is 1. The van der Waals surface area contributed by atoms with Crippen molar-refractivity contribution in [3.63, 3.8) is 0 Å². The number of hydrogen-bond acceptors (Lipinski definition) is 4. The van der Waals surface area contributed by atoms with Crippen molar-refractivity contribution in [3.05, 3.63) is 46.1 Å². The molecule has 0 bridgehead atoms. The summed E-state index contributed by atoms with van der Waals surface area (Å²) in [4.78, 5) is 2.75. The zero-order valence-electron chi connectivity index (χ0n) is 10.8. The molecule has 0 aliphatic rings. The molecule has 1 aromatic rings. The Bertz CT molecular complexity index is 586. The van der Waals surface area contributed by atoms with Gasteiger partial charge in [-0.2, -0.15) is 0 Å². The first-order valence-corrected chi connectivity index (χ1v) is 7.59. The molecule has 1 aromatic carbocycles. The van der Waals surface area contributed by atoms with Crippen LogP contribution < -0.4 is 0 Å². The van der Waals surface area contributed by atoms with Crippen molar-refractivity contribution in [1.82, 2.24) is 0 Å². The molecule has 0 saturated heterocycles. The van der Waals surface area contributed by atoms with Gasteiger partial charge in [0.25, 0.3) is 9.84 Å². The SMILES string of the molecule is CCCCC/C(O)=C(/[N+]#N)S(=O)(=O)c1ccccc1. The second-order valence-electron chi connectivity index (χ2n) is 4.13. The van der Waals surface area contributed by atoms with E-state index in [-0.39, 0.29) is 11.3 Å². The topological polar surface area (TPSA) is 82.5 Å². The maximum absolute atomic E-state index is 12.2. The predicted octanol–water partition coefficient (Wildman–Crippen LogP) is 3.62. The second-order valence-corrected chi connectivity index (χ2v) is 5.99. The van der Waals surface area contributed by atoms with Crippen molar-refractivity contribution in [3.8, 4) is 0 Å². The fourth-order valence-corrected chi connectivity index (χ4v) is 2.89. The highest BCUT2D eigenvalue weighted by Gasteiger charge is 2.36. The molecule has 0 unspecified atom stereocenters. The third kappa shape index (κ3) is 3.80. The summed E-state index contributed by atoms with van der Waals surface area (Å²) in [6, 6.07) is 7.59. The number of allylic oxidation sites excluding steroid dienone is 1. The van der Waals surface area contributed by atoms with Gasteiger partial charge in [-0.05, 0) is 18.6 Å². The smallest absolute Gasteiger partial charge is 0.504 e. The summed E-state index contributed by atoms with van der Waals surface area (Å²) in [6.45, 7) is 2.00. The van der Waals surface area contributed by atoms with Gasteiger partial charge in [-0.25, -0.2) is 8.42 Å². The van der Waals surface area contributed by atoms with Gasteiger partial charge < -0.3 is 5.11 Å². The summed E-state index contributed by atoms with van der Waals surface area (Å²) in [5, 5.41) is 18.0. The van der Waals surface area contributed by atoms with Crippen LogP contribution in [0.15, 0.2) is 46.0 Å². The Morgan fingerprint density at radius 3 is 2.42 bits per heavy atom. The average molecular weight is 281 g/mol. The first-order chi connectivity index (χ1) is 9.04. The third-order valence-electron chi connectivity index (χ3n) is 2.66. The lowest BCUT2D eigenvalue weighted by Crippen LogP contribution is -2.05. The summed E-state index contributed by atoms with van der Waals surface area (Å²) in [6.07, 6.45) is 2.64.